The van der Waals surface area contributed by atoms with Gasteiger partial charge in [0.15, 0.2) is 0 Å². The molecule has 0 aliphatic rings. The molecule has 1 rings (SSSR count). The number of benzene rings is 1. The van der Waals surface area contributed by atoms with Crippen molar-refractivity contribution < 1.29 is 0 Å². The van der Waals surface area contributed by atoms with E-state index >= 15 is 0 Å². The van der Waals surface area contributed by atoms with E-state index in [0.29, 0.717) is 0 Å². The maximum atomic E-state index is 4.51. The molecule has 74 valence electrons. The fraction of sp³-hybridized carbons (Fsp3) is 0.182. The highest BCUT2D eigenvalue weighted by molar-refractivity contribution is 8.38. The molecular formula is C11H13NS2. The van der Waals surface area contributed by atoms with Crippen molar-refractivity contribution >= 4 is 33.6 Å². The third kappa shape index (κ3) is 4.03. The molecule has 0 saturated carbocycles. The Labute approximate surface area is 93.7 Å². The highest BCUT2D eigenvalue weighted by Gasteiger charge is 1.96. The molecule has 0 N–H and O–H groups in total. The van der Waals surface area contributed by atoms with Gasteiger partial charge in [0.2, 0.25) is 0 Å². The van der Waals surface area contributed by atoms with Gasteiger partial charge in [-0.2, -0.15) is 0 Å². The van der Waals surface area contributed by atoms with Crippen LogP contribution in [0.25, 0.3) is 0 Å². The van der Waals surface area contributed by atoms with Gasteiger partial charge in [-0.3, -0.25) is 0 Å². The van der Waals surface area contributed by atoms with Crippen LogP contribution in [0.15, 0.2) is 48.0 Å². The summed E-state index contributed by atoms with van der Waals surface area (Å²) in [5.41, 5.74) is 1.01. The summed E-state index contributed by atoms with van der Waals surface area (Å²) in [5, 5.41) is 0. The van der Waals surface area contributed by atoms with Crippen LogP contribution in [0.3, 0.4) is 0 Å². The van der Waals surface area contributed by atoms with E-state index in [9.17, 15) is 0 Å². The molecule has 0 spiro atoms. The summed E-state index contributed by atoms with van der Waals surface area (Å²) >= 11 is 3.38. The number of thioether (sulfide) groups is 2. The molecule has 3 heteroatoms. The summed E-state index contributed by atoms with van der Waals surface area (Å²) in [6.07, 6.45) is 3.93. The first-order valence-electron chi connectivity index (χ1n) is 4.28. The van der Waals surface area contributed by atoms with Crippen LogP contribution >= 0.6 is 23.5 Å². The summed E-state index contributed by atoms with van der Waals surface area (Å²) in [6.45, 7) is 3.69. The average Bonchev–Trinajstić information content (AvgIpc) is 2.25. The first kappa shape index (κ1) is 11.4. The second-order valence-electron chi connectivity index (χ2n) is 2.52. The van der Waals surface area contributed by atoms with E-state index in [-0.39, 0.29) is 0 Å². The van der Waals surface area contributed by atoms with Crippen LogP contribution in [-0.2, 0) is 0 Å². The maximum Gasteiger partial charge on any atom is 0.130 e. The van der Waals surface area contributed by atoms with Gasteiger partial charge in [0.25, 0.3) is 0 Å². The third-order valence-corrected chi connectivity index (χ3v) is 3.51. The SMILES string of the molecule is C=CCSC(=Nc1ccccc1)SC. The Morgan fingerprint density at radius 1 is 1.43 bits per heavy atom. The predicted molar refractivity (Wildman–Crippen MR) is 69.7 cm³/mol. The largest absolute Gasteiger partial charge is 0.235 e. The molecule has 0 unspecified atom stereocenters. The van der Waals surface area contributed by atoms with Crippen molar-refractivity contribution in [2.24, 2.45) is 4.99 Å². The number of hydrogen-bond donors (Lipinski definition) is 0. The summed E-state index contributed by atoms with van der Waals surface area (Å²) in [6, 6.07) is 9.99. The summed E-state index contributed by atoms with van der Waals surface area (Å²) in [7, 11) is 0. The van der Waals surface area contributed by atoms with Crippen molar-refractivity contribution in [1.82, 2.24) is 0 Å². The van der Waals surface area contributed by atoms with Gasteiger partial charge in [-0.25, -0.2) is 4.99 Å². The van der Waals surface area contributed by atoms with Crippen molar-refractivity contribution in [1.29, 1.82) is 0 Å². The lowest BCUT2D eigenvalue weighted by Gasteiger charge is -2.00. The second-order valence-corrected chi connectivity index (χ2v) is 4.58. The van der Waals surface area contributed by atoms with Gasteiger partial charge >= 0.3 is 0 Å². The van der Waals surface area contributed by atoms with E-state index < -0.39 is 0 Å². The number of aliphatic imine (C=N–C) groups is 1. The van der Waals surface area contributed by atoms with Crippen LogP contribution in [0.4, 0.5) is 5.69 Å². The average molecular weight is 223 g/mol. The summed E-state index contributed by atoms with van der Waals surface area (Å²) in [5.74, 6) is 0.909. The molecule has 0 saturated heterocycles. The molecule has 1 aromatic carbocycles. The minimum atomic E-state index is 0.909. The van der Waals surface area contributed by atoms with Crippen LogP contribution in [-0.4, -0.2) is 16.4 Å². The summed E-state index contributed by atoms with van der Waals surface area (Å²) < 4.78 is 1.08. The lowest BCUT2D eigenvalue weighted by atomic mass is 10.3. The van der Waals surface area contributed by atoms with Crippen LogP contribution < -0.4 is 0 Å². The zero-order chi connectivity index (χ0) is 10.2. The Hall–Kier alpha value is -0.670. The van der Waals surface area contributed by atoms with Crippen LogP contribution in [0, 0.1) is 0 Å². The molecule has 0 bridgehead atoms. The normalized spacial score (nSPS) is 11.4. The summed E-state index contributed by atoms with van der Waals surface area (Å²) in [4.78, 5) is 4.51. The molecule has 1 aromatic rings. The van der Waals surface area contributed by atoms with Crippen molar-refractivity contribution in [3.63, 3.8) is 0 Å². The molecule has 0 aliphatic carbocycles. The first-order valence-corrected chi connectivity index (χ1v) is 6.49. The predicted octanol–water partition coefficient (Wildman–Crippen LogP) is 3.96. The van der Waals surface area contributed by atoms with Crippen LogP contribution in [0.2, 0.25) is 0 Å². The molecule has 0 aromatic heterocycles. The zero-order valence-corrected chi connectivity index (χ0v) is 9.78. The Morgan fingerprint density at radius 3 is 2.71 bits per heavy atom. The molecule has 14 heavy (non-hydrogen) atoms. The molecule has 1 nitrogen and oxygen atoms in total. The smallest absolute Gasteiger partial charge is 0.130 e. The van der Waals surface area contributed by atoms with Gasteiger partial charge in [0.1, 0.15) is 4.38 Å². The minimum absolute atomic E-state index is 0.909. The number of hydrogen-bond acceptors (Lipinski definition) is 3. The molecule has 0 heterocycles. The molecule has 0 radical (unpaired) electrons. The van der Waals surface area contributed by atoms with Gasteiger partial charge in [0.05, 0.1) is 5.69 Å². The Balaban J connectivity index is 2.68. The van der Waals surface area contributed by atoms with Gasteiger partial charge < -0.3 is 0 Å². The minimum Gasteiger partial charge on any atom is -0.235 e. The van der Waals surface area contributed by atoms with Crippen molar-refractivity contribution in [3.05, 3.63) is 43.0 Å². The third-order valence-electron chi connectivity index (χ3n) is 1.48. The van der Waals surface area contributed by atoms with E-state index in [1.54, 1.807) is 23.5 Å². The van der Waals surface area contributed by atoms with Crippen molar-refractivity contribution in [2.75, 3.05) is 12.0 Å². The highest BCUT2D eigenvalue weighted by Crippen LogP contribution is 2.20. The fourth-order valence-corrected chi connectivity index (χ4v) is 2.18. The monoisotopic (exact) mass is 223 g/mol. The van der Waals surface area contributed by atoms with E-state index in [2.05, 4.69) is 11.6 Å². The van der Waals surface area contributed by atoms with E-state index in [1.807, 2.05) is 42.7 Å². The maximum absolute atomic E-state index is 4.51. The zero-order valence-electron chi connectivity index (χ0n) is 8.14. The Bertz CT molecular complexity index is 306. The second kappa shape index (κ2) is 6.74. The number of nitrogens with zero attached hydrogens (tertiary/aromatic N) is 1. The molecule has 0 aliphatic heterocycles. The fourth-order valence-electron chi connectivity index (χ4n) is 0.875. The topological polar surface area (TPSA) is 12.4 Å². The number of rotatable bonds is 3. The van der Waals surface area contributed by atoms with Gasteiger partial charge in [-0.15, -0.1) is 18.3 Å². The van der Waals surface area contributed by atoms with Gasteiger partial charge in [0, 0.05) is 5.75 Å². The molecule has 0 fully saturated rings. The van der Waals surface area contributed by atoms with Crippen molar-refractivity contribution in [2.45, 2.75) is 0 Å². The molecular weight excluding hydrogens is 210 g/mol. The highest BCUT2D eigenvalue weighted by atomic mass is 32.2. The standard InChI is InChI=1S/C11H13NS2/c1-3-9-14-11(13-2)12-10-7-5-4-6-8-10/h3-8H,1,9H2,2H3. The van der Waals surface area contributed by atoms with Crippen molar-refractivity contribution in [3.8, 4) is 0 Å². The lowest BCUT2D eigenvalue weighted by molar-refractivity contribution is 1.55. The van der Waals surface area contributed by atoms with Crippen LogP contribution in [0.1, 0.15) is 0 Å². The lowest BCUT2D eigenvalue weighted by Crippen LogP contribution is -1.84. The van der Waals surface area contributed by atoms with E-state index in [4.69, 9.17) is 0 Å². The van der Waals surface area contributed by atoms with Gasteiger partial charge in [-0.05, 0) is 18.4 Å². The molecule has 0 amide bonds. The Morgan fingerprint density at radius 2 is 2.14 bits per heavy atom. The molecule has 0 atom stereocenters. The quantitative estimate of drug-likeness (QED) is 0.437. The first-order chi connectivity index (χ1) is 6.86. The van der Waals surface area contributed by atoms with E-state index in [0.717, 1.165) is 15.8 Å². The van der Waals surface area contributed by atoms with Crippen LogP contribution in [0.5, 0.6) is 0 Å². The van der Waals surface area contributed by atoms with E-state index in [1.165, 1.54) is 0 Å². The van der Waals surface area contributed by atoms with Gasteiger partial charge in [-0.1, -0.05) is 36.0 Å². The number of para-hydroxylation sites is 1. The Kier molecular flexibility index (Phi) is 5.49.